The fourth-order valence-corrected chi connectivity index (χ4v) is 3.21. The van der Waals surface area contributed by atoms with Crippen LogP contribution < -0.4 is 5.56 Å². The van der Waals surface area contributed by atoms with Crippen molar-refractivity contribution in [2.24, 2.45) is 0 Å². The molecule has 0 spiro atoms. The summed E-state index contributed by atoms with van der Waals surface area (Å²) in [6.45, 7) is 0. The van der Waals surface area contributed by atoms with Crippen molar-refractivity contribution >= 4 is 21.7 Å². The number of nitrogens with one attached hydrogen (secondary N) is 1. The first-order chi connectivity index (χ1) is 13.7. The van der Waals surface area contributed by atoms with E-state index in [0.29, 0.717) is 5.56 Å². The lowest BCUT2D eigenvalue weighted by Gasteiger charge is -2.18. The van der Waals surface area contributed by atoms with Crippen LogP contribution in [0.2, 0.25) is 0 Å². The molecule has 2 heterocycles. The average molecular weight is 469 g/mol. The van der Waals surface area contributed by atoms with Crippen LogP contribution in [-0.2, 0) is 6.18 Å². The molecule has 0 unspecified atom stereocenters. The van der Waals surface area contributed by atoms with E-state index in [4.69, 9.17) is 0 Å². The molecule has 0 radical (unpaired) electrons. The van der Waals surface area contributed by atoms with E-state index < -0.39 is 34.8 Å². The van der Waals surface area contributed by atoms with Crippen LogP contribution in [0.25, 0.3) is 0 Å². The van der Waals surface area contributed by atoms with Gasteiger partial charge in [-0.15, -0.1) is 0 Å². The lowest BCUT2D eigenvalue weighted by atomic mass is 9.88. The Kier molecular flexibility index (Phi) is 5.97. The number of Topliss-reactive ketones (excluding diaryl/α,β-unsaturated/α-hetero) is 1. The lowest BCUT2D eigenvalue weighted by Crippen LogP contribution is -2.15. The van der Waals surface area contributed by atoms with Gasteiger partial charge >= 0.3 is 6.18 Å². The molecule has 0 bridgehead atoms. The number of halogens is 5. The van der Waals surface area contributed by atoms with Gasteiger partial charge in [0, 0.05) is 30.3 Å². The van der Waals surface area contributed by atoms with Crippen LogP contribution in [0.5, 0.6) is 0 Å². The van der Waals surface area contributed by atoms with Crippen LogP contribution in [0.4, 0.5) is 17.6 Å². The van der Waals surface area contributed by atoms with Crippen LogP contribution in [0.1, 0.15) is 39.5 Å². The molecule has 0 aliphatic rings. The van der Waals surface area contributed by atoms with Gasteiger partial charge in [-0.2, -0.15) is 13.2 Å². The summed E-state index contributed by atoms with van der Waals surface area (Å²) >= 11 is 3.03. The number of hydrogen-bond acceptors (Lipinski definition) is 3. The highest BCUT2D eigenvalue weighted by atomic mass is 79.9. The number of H-pyrrole nitrogens is 1. The first-order valence-electron chi connectivity index (χ1n) is 8.36. The van der Waals surface area contributed by atoms with Crippen LogP contribution in [0.3, 0.4) is 0 Å². The van der Waals surface area contributed by atoms with Crippen molar-refractivity contribution in [3.05, 3.63) is 97.9 Å². The van der Waals surface area contributed by atoms with E-state index in [-0.39, 0.29) is 22.2 Å². The fourth-order valence-electron chi connectivity index (χ4n) is 2.85. The number of rotatable bonds is 5. The minimum absolute atomic E-state index is 0.0518. The van der Waals surface area contributed by atoms with Gasteiger partial charge in [0.25, 0.3) is 5.56 Å². The van der Waals surface area contributed by atoms with Crippen LogP contribution in [0, 0.1) is 5.82 Å². The number of benzene rings is 1. The highest BCUT2D eigenvalue weighted by molar-refractivity contribution is 9.10. The number of nitrogens with zero attached hydrogens (tertiary/aromatic N) is 1. The quantitative estimate of drug-likeness (QED) is 0.418. The van der Waals surface area contributed by atoms with Gasteiger partial charge in [-0.05, 0) is 51.8 Å². The third-order valence-corrected chi connectivity index (χ3v) is 4.92. The number of carbonyl (C=O) groups is 1. The topological polar surface area (TPSA) is 62.8 Å². The lowest BCUT2D eigenvalue weighted by molar-refractivity contribution is -0.137. The van der Waals surface area contributed by atoms with Gasteiger partial charge in [-0.25, -0.2) is 4.39 Å². The van der Waals surface area contributed by atoms with Gasteiger partial charge in [0.05, 0.1) is 15.7 Å². The molecular weight excluding hydrogens is 456 g/mol. The van der Waals surface area contributed by atoms with E-state index in [2.05, 4.69) is 25.9 Å². The predicted octanol–water partition coefficient (Wildman–Crippen LogP) is 5.10. The minimum atomic E-state index is -4.51. The van der Waals surface area contributed by atoms with E-state index in [9.17, 15) is 27.2 Å². The zero-order chi connectivity index (χ0) is 21.2. The Hall–Kier alpha value is -2.81. The molecule has 0 aliphatic carbocycles. The Bertz CT molecular complexity index is 1090. The molecule has 2 aromatic heterocycles. The van der Waals surface area contributed by atoms with Crippen molar-refractivity contribution in [2.45, 2.75) is 18.5 Å². The second-order valence-electron chi connectivity index (χ2n) is 6.24. The summed E-state index contributed by atoms with van der Waals surface area (Å²) in [5.41, 5.74) is -0.838. The third kappa shape index (κ3) is 4.79. The maximum Gasteiger partial charge on any atom is 0.416 e. The molecule has 150 valence electrons. The Labute approximate surface area is 170 Å². The highest BCUT2D eigenvalue weighted by Gasteiger charge is 2.31. The normalized spacial score (nSPS) is 12.6. The van der Waals surface area contributed by atoms with Crippen molar-refractivity contribution in [3.8, 4) is 0 Å². The number of pyridine rings is 2. The molecule has 3 aromatic rings. The Morgan fingerprint density at radius 3 is 2.45 bits per heavy atom. The highest BCUT2D eigenvalue weighted by Crippen LogP contribution is 2.33. The molecule has 1 N–H and O–H groups in total. The molecule has 0 amide bonds. The van der Waals surface area contributed by atoms with Gasteiger partial charge in [-0.3, -0.25) is 14.6 Å². The monoisotopic (exact) mass is 468 g/mol. The minimum Gasteiger partial charge on any atom is -0.327 e. The number of aromatic amines is 1. The molecular formula is C20H13BrF4N2O2. The van der Waals surface area contributed by atoms with Crippen LogP contribution in [-0.4, -0.2) is 15.8 Å². The molecule has 3 rings (SSSR count). The summed E-state index contributed by atoms with van der Waals surface area (Å²) in [4.78, 5) is 30.6. The van der Waals surface area contributed by atoms with Crippen LogP contribution >= 0.6 is 15.9 Å². The van der Waals surface area contributed by atoms with E-state index in [0.717, 1.165) is 12.1 Å². The second kappa shape index (κ2) is 8.28. The Balaban J connectivity index is 2.00. The molecule has 0 aliphatic heterocycles. The molecule has 29 heavy (non-hydrogen) atoms. The van der Waals surface area contributed by atoms with Crippen molar-refractivity contribution in [1.82, 2.24) is 9.97 Å². The van der Waals surface area contributed by atoms with E-state index in [1.807, 2.05) is 0 Å². The second-order valence-corrected chi connectivity index (χ2v) is 7.09. The summed E-state index contributed by atoms with van der Waals surface area (Å²) in [7, 11) is 0. The largest absolute Gasteiger partial charge is 0.416 e. The predicted molar refractivity (Wildman–Crippen MR) is 101 cm³/mol. The summed E-state index contributed by atoms with van der Waals surface area (Å²) < 4.78 is 53.1. The number of alkyl halides is 3. The Morgan fingerprint density at radius 2 is 1.86 bits per heavy atom. The summed E-state index contributed by atoms with van der Waals surface area (Å²) in [5, 5.41) is 0. The average Bonchev–Trinajstić information content (AvgIpc) is 2.68. The molecule has 0 saturated carbocycles. The molecule has 1 atom stereocenters. The van der Waals surface area contributed by atoms with Gasteiger partial charge in [0.15, 0.2) is 5.78 Å². The molecule has 1 aromatic carbocycles. The number of ketones is 1. The maximum absolute atomic E-state index is 14.4. The third-order valence-electron chi connectivity index (χ3n) is 4.33. The molecule has 4 nitrogen and oxygen atoms in total. The summed E-state index contributed by atoms with van der Waals surface area (Å²) in [6, 6.07) is 8.05. The van der Waals surface area contributed by atoms with E-state index in [1.165, 1.54) is 42.7 Å². The SMILES string of the molecule is O=C(C[C@@H](c1ccc(C(F)(F)F)cc1)c1ncccc1F)c1c[nH]c(=O)c(Br)c1. The zero-order valence-corrected chi connectivity index (χ0v) is 16.2. The standard InChI is InChI=1S/C20H13BrF4N2O2/c21-15-8-12(10-27-19(15)29)17(28)9-14(18-16(22)2-1-7-26-18)11-3-5-13(6-4-11)20(23,24)25/h1-8,10,14H,9H2,(H,27,29)/t14-/m0/s1. The van der Waals surface area contributed by atoms with Crippen molar-refractivity contribution in [1.29, 1.82) is 0 Å². The van der Waals surface area contributed by atoms with Gasteiger partial charge in [0.1, 0.15) is 5.82 Å². The number of hydrogen-bond donors (Lipinski definition) is 1. The summed E-state index contributed by atoms with van der Waals surface area (Å²) in [5.74, 6) is -2.01. The Morgan fingerprint density at radius 1 is 1.17 bits per heavy atom. The van der Waals surface area contributed by atoms with E-state index >= 15 is 0 Å². The van der Waals surface area contributed by atoms with Gasteiger partial charge < -0.3 is 4.98 Å². The van der Waals surface area contributed by atoms with Gasteiger partial charge in [-0.1, -0.05) is 12.1 Å². The maximum atomic E-state index is 14.4. The first-order valence-corrected chi connectivity index (χ1v) is 9.15. The fraction of sp³-hybridized carbons (Fsp3) is 0.150. The van der Waals surface area contributed by atoms with Gasteiger partial charge in [0.2, 0.25) is 0 Å². The summed E-state index contributed by atoms with van der Waals surface area (Å²) in [6.07, 6.45) is -2.19. The number of carbonyl (C=O) groups excluding carboxylic acids is 1. The molecule has 0 saturated heterocycles. The molecule has 9 heteroatoms. The first kappa shape index (κ1) is 20.9. The molecule has 0 fully saturated rings. The van der Waals surface area contributed by atoms with Crippen molar-refractivity contribution in [2.75, 3.05) is 0 Å². The van der Waals surface area contributed by atoms with E-state index in [1.54, 1.807) is 0 Å². The van der Waals surface area contributed by atoms with Crippen LogP contribution in [0.15, 0.2) is 64.1 Å². The zero-order valence-electron chi connectivity index (χ0n) is 14.6. The number of aromatic nitrogens is 2. The van der Waals surface area contributed by atoms with Crippen molar-refractivity contribution in [3.63, 3.8) is 0 Å². The van der Waals surface area contributed by atoms with Crippen molar-refractivity contribution < 1.29 is 22.4 Å². The smallest absolute Gasteiger partial charge is 0.327 e.